The van der Waals surface area contributed by atoms with Gasteiger partial charge in [-0.25, -0.2) is 5.84 Å². The molecule has 0 heterocycles. The van der Waals surface area contributed by atoms with Crippen molar-refractivity contribution in [2.24, 2.45) is 5.84 Å². The number of nitrogens with one attached hydrogen (secondary N) is 1. The van der Waals surface area contributed by atoms with Crippen molar-refractivity contribution in [3.8, 4) is 5.75 Å². The first-order valence-corrected chi connectivity index (χ1v) is 4.35. The van der Waals surface area contributed by atoms with E-state index in [-0.39, 0.29) is 17.0 Å². The summed E-state index contributed by atoms with van der Waals surface area (Å²) in [4.78, 5) is 21.5. The molecular formula is C9H11N3O4. The van der Waals surface area contributed by atoms with Crippen LogP contribution >= 0.6 is 0 Å². The summed E-state index contributed by atoms with van der Waals surface area (Å²) in [6.45, 7) is 1.64. The Kier molecular flexibility index (Phi) is 3.41. The summed E-state index contributed by atoms with van der Waals surface area (Å²) in [6, 6.07) is 2.79. The number of nitro groups is 1. The summed E-state index contributed by atoms with van der Waals surface area (Å²) in [5, 5.41) is 10.8. The van der Waals surface area contributed by atoms with E-state index in [0.29, 0.717) is 5.56 Å². The van der Waals surface area contributed by atoms with Crippen molar-refractivity contribution >= 4 is 11.6 Å². The first-order chi connectivity index (χ1) is 7.51. The van der Waals surface area contributed by atoms with Crippen molar-refractivity contribution in [3.63, 3.8) is 0 Å². The number of methoxy groups -OCH3 is 1. The zero-order valence-electron chi connectivity index (χ0n) is 8.81. The number of hydrazine groups is 1. The molecule has 1 aromatic rings. The average Bonchev–Trinajstić information content (AvgIpc) is 2.26. The van der Waals surface area contributed by atoms with Gasteiger partial charge >= 0.3 is 5.69 Å². The smallest absolute Gasteiger partial charge is 0.312 e. The normalized spacial score (nSPS) is 9.69. The molecule has 0 aromatic heterocycles. The molecule has 3 N–H and O–H groups in total. The van der Waals surface area contributed by atoms with Crippen molar-refractivity contribution in [3.05, 3.63) is 33.4 Å². The lowest BCUT2D eigenvalue weighted by Crippen LogP contribution is -2.30. The maximum Gasteiger partial charge on any atom is 0.312 e. The summed E-state index contributed by atoms with van der Waals surface area (Å²) < 4.78 is 4.86. The number of nitrogen functional groups attached to an aromatic ring is 1. The third-order valence-electron chi connectivity index (χ3n) is 1.99. The van der Waals surface area contributed by atoms with E-state index in [1.165, 1.54) is 19.2 Å². The molecular weight excluding hydrogens is 214 g/mol. The minimum Gasteiger partial charge on any atom is -0.490 e. The maximum atomic E-state index is 11.4. The Hall–Kier alpha value is -2.15. The number of amides is 1. The zero-order chi connectivity index (χ0) is 12.3. The molecule has 0 saturated heterocycles. The SMILES string of the molecule is COc1c(C(=O)NN)cc(C)cc1[N+](=O)[O-]. The lowest BCUT2D eigenvalue weighted by Gasteiger charge is -2.08. The van der Waals surface area contributed by atoms with Crippen LogP contribution in [0.3, 0.4) is 0 Å². The molecule has 0 unspecified atom stereocenters. The predicted molar refractivity (Wildman–Crippen MR) is 56.0 cm³/mol. The summed E-state index contributed by atoms with van der Waals surface area (Å²) in [7, 11) is 1.25. The molecule has 0 aliphatic carbocycles. The monoisotopic (exact) mass is 225 g/mol. The van der Waals surface area contributed by atoms with Gasteiger partial charge in [0.25, 0.3) is 5.91 Å². The number of carbonyl (C=O) groups excluding carboxylic acids is 1. The van der Waals surface area contributed by atoms with E-state index in [1.807, 2.05) is 5.43 Å². The van der Waals surface area contributed by atoms with Crippen molar-refractivity contribution in [2.75, 3.05) is 7.11 Å². The Morgan fingerprint density at radius 1 is 1.56 bits per heavy atom. The summed E-state index contributed by atoms with van der Waals surface area (Å²) >= 11 is 0. The first-order valence-electron chi connectivity index (χ1n) is 4.35. The fourth-order valence-corrected chi connectivity index (χ4v) is 1.35. The van der Waals surface area contributed by atoms with Crippen LogP contribution in [-0.2, 0) is 0 Å². The number of benzene rings is 1. The predicted octanol–water partition coefficient (Wildman–Crippen LogP) is 0.515. The van der Waals surface area contributed by atoms with Crippen molar-refractivity contribution in [1.82, 2.24) is 5.43 Å². The summed E-state index contributed by atoms with van der Waals surface area (Å²) in [5.74, 6) is 4.24. The molecule has 0 aliphatic heterocycles. The Balaban J connectivity index is 3.48. The largest absolute Gasteiger partial charge is 0.490 e. The second-order valence-corrected chi connectivity index (χ2v) is 3.10. The van der Waals surface area contributed by atoms with Gasteiger partial charge in [-0.3, -0.25) is 20.3 Å². The van der Waals surface area contributed by atoms with Gasteiger partial charge in [0.1, 0.15) is 0 Å². The van der Waals surface area contributed by atoms with E-state index in [0.717, 1.165) is 0 Å². The number of carbonyl (C=O) groups is 1. The van der Waals surface area contributed by atoms with E-state index >= 15 is 0 Å². The summed E-state index contributed by atoms with van der Waals surface area (Å²) in [6.07, 6.45) is 0. The highest BCUT2D eigenvalue weighted by Crippen LogP contribution is 2.32. The van der Waals surface area contributed by atoms with Gasteiger partial charge in [0.05, 0.1) is 17.6 Å². The van der Waals surface area contributed by atoms with Gasteiger partial charge in [-0.1, -0.05) is 0 Å². The topological polar surface area (TPSA) is 107 Å². The van der Waals surface area contributed by atoms with E-state index in [2.05, 4.69) is 0 Å². The zero-order valence-corrected chi connectivity index (χ0v) is 8.81. The van der Waals surface area contributed by atoms with Crippen molar-refractivity contribution in [2.45, 2.75) is 6.92 Å². The van der Waals surface area contributed by atoms with Crippen LogP contribution in [0.4, 0.5) is 5.69 Å². The molecule has 0 aliphatic rings. The minimum atomic E-state index is -0.636. The van der Waals surface area contributed by atoms with Crippen LogP contribution in [-0.4, -0.2) is 17.9 Å². The number of nitrogens with two attached hydrogens (primary N) is 1. The number of nitro benzene ring substituents is 1. The van der Waals surface area contributed by atoms with E-state index in [1.54, 1.807) is 6.92 Å². The lowest BCUT2D eigenvalue weighted by atomic mass is 10.1. The highest BCUT2D eigenvalue weighted by molar-refractivity contribution is 5.98. The van der Waals surface area contributed by atoms with Gasteiger partial charge < -0.3 is 4.74 Å². The third kappa shape index (κ3) is 2.09. The molecule has 7 heteroatoms. The number of rotatable bonds is 3. The number of hydrogen-bond donors (Lipinski definition) is 2. The van der Waals surface area contributed by atoms with E-state index < -0.39 is 10.8 Å². The minimum absolute atomic E-state index is 0.0386. The van der Waals surface area contributed by atoms with Gasteiger partial charge in [-0.15, -0.1) is 0 Å². The van der Waals surface area contributed by atoms with Gasteiger partial charge in [-0.05, 0) is 18.6 Å². The number of ether oxygens (including phenoxy) is 1. The molecule has 0 bridgehead atoms. The molecule has 1 rings (SSSR count). The number of hydrogen-bond acceptors (Lipinski definition) is 5. The Labute approximate surface area is 91.3 Å². The quantitative estimate of drug-likeness (QED) is 0.337. The first kappa shape index (κ1) is 11.9. The second kappa shape index (κ2) is 4.58. The average molecular weight is 225 g/mol. The fourth-order valence-electron chi connectivity index (χ4n) is 1.35. The van der Waals surface area contributed by atoms with Crippen LogP contribution in [0.15, 0.2) is 12.1 Å². The van der Waals surface area contributed by atoms with Crippen LogP contribution in [0.1, 0.15) is 15.9 Å². The molecule has 7 nitrogen and oxygen atoms in total. The molecule has 0 saturated carbocycles. The van der Waals surface area contributed by atoms with Crippen LogP contribution < -0.4 is 16.0 Å². The van der Waals surface area contributed by atoms with Crippen molar-refractivity contribution in [1.29, 1.82) is 0 Å². The lowest BCUT2D eigenvalue weighted by molar-refractivity contribution is -0.385. The van der Waals surface area contributed by atoms with Gasteiger partial charge in [0, 0.05) is 6.07 Å². The van der Waals surface area contributed by atoms with Gasteiger partial charge in [0.15, 0.2) is 0 Å². The van der Waals surface area contributed by atoms with Crippen LogP contribution in [0, 0.1) is 17.0 Å². The van der Waals surface area contributed by atoms with Crippen LogP contribution in [0.5, 0.6) is 5.75 Å². The van der Waals surface area contributed by atoms with Gasteiger partial charge in [-0.2, -0.15) is 0 Å². The molecule has 1 amide bonds. The molecule has 0 atom stereocenters. The molecule has 16 heavy (non-hydrogen) atoms. The second-order valence-electron chi connectivity index (χ2n) is 3.10. The number of aryl methyl sites for hydroxylation is 1. The maximum absolute atomic E-state index is 11.4. The Morgan fingerprint density at radius 3 is 2.62 bits per heavy atom. The van der Waals surface area contributed by atoms with E-state index in [9.17, 15) is 14.9 Å². The highest BCUT2D eigenvalue weighted by Gasteiger charge is 2.23. The molecule has 0 spiro atoms. The fraction of sp³-hybridized carbons (Fsp3) is 0.222. The standard InChI is InChI=1S/C9H11N3O4/c1-5-3-6(9(13)11-10)8(16-2)7(4-5)12(14)15/h3-4H,10H2,1-2H3,(H,11,13). The molecule has 0 radical (unpaired) electrons. The van der Waals surface area contributed by atoms with Gasteiger partial charge in [0.2, 0.25) is 5.75 Å². The van der Waals surface area contributed by atoms with Crippen molar-refractivity contribution < 1.29 is 14.5 Å². The van der Waals surface area contributed by atoms with Crippen LogP contribution in [0.25, 0.3) is 0 Å². The molecule has 0 fully saturated rings. The summed E-state index contributed by atoms with van der Waals surface area (Å²) in [5.41, 5.74) is 2.26. The number of nitrogens with zero attached hydrogens (tertiary/aromatic N) is 1. The van der Waals surface area contributed by atoms with E-state index in [4.69, 9.17) is 10.6 Å². The third-order valence-corrected chi connectivity index (χ3v) is 1.99. The molecule has 1 aromatic carbocycles. The van der Waals surface area contributed by atoms with Crippen LogP contribution in [0.2, 0.25) is 0 Å². The Bertz CT molecular complexity index is 445. The Morgan fingerprint density at radius 2 is 2.19 bits per heavy atom. The molecule has 86 valence electrons. The highest BCUT2D eigenvalue weighted by atomic mass is 16.6.